The number of hydrogen-bond donors (Lipinski definition) is 1. The number of benzene rings is 1. The summed E-state index contributed by atoms with van der Waals surface area (Å²) in [5.41, 5.74) is 1.46. The second-order valence-electron chi connectivity index (χ2n) is 6.59. The van der Waals surface area contributed by atoms with Crippen LogP contribution in [-0.2, 0) is 11.2 Å². The van der Waals surface area contributed by atoms with E-state index < -0.39 is 11.4 Å². The molecule has 0 atom stereocenters. The molecule has 21 heavy (non-hydrogen) atoms. The Morgan fingerprint density at radius 2 is 2.05 bits per heavy atom. The van der Waals surface area contributed by atoms with Crippen molar-refractivity contribution in [2.24, 2.45) is 11.3 Å². The molecule has 0 bridgehead atoms. The van der Waals surface area contributed by atoms with Crippen LogP contribution in [0.2, 0.25) is 5.02 Å². The first-order valence-electron chi connectivity index (χ1n) is 7.95. The first-order valence-corrected chi connectivity index (χ1v) is 8.33. The zero-order valence-electron chi connectivity index (χ0n) is 13.0. The van der Waals surface area contributed by atoms with Crippen molar-refractivity contribution in [1.82, 2.24) is 0 Å². The fraction of sp³-hybridized carbons (Fsp3) is 0.611. The van der Waals surface area contributed by atoms with E-state index in [4.69, 9.17) is 11.6 Å². The predicted molar refractivity (Wildman–Crippen MR) is 86.8 cm³/mol. The Morgan fingerprint density at radius 3 is 2.57 bits per heavy atom. The summed E-state index contributed by atoms with van der Waals surface area (Å²) >= 11 is 6.30. The normalized spacial score (nSPS) is 25.8. The molecule has 0 amide bonds. The van der Waals surface area contributed by atoms with Crippen LogP contribution in [-0.4, -0.2) is 11.1 Å². The van der Waals surface area contributed by atoms with E-state index in [0.717, 1.165) is 36.8 Å². The lowest BCUT2D eigenvalue weighted by Crippen LogP contribution is -2.37. The van der Waals surface area contributed by atoms with Crippen LogP contribution in [0.5, 0.6) is 0 Å². The number of aryl methyl sites for hydroxylation is 1. The molecule has 1 N–H and O–H groups in total. The highest BCUT2D eigenvalue weighted by Gasteiger charge is 2.42. The van der Waals surface area contributed by atoms with Crippen molar-refractivity contribution in [1.29, 1.82) is 0 Å². The van der Waals surface area contributed by atoms with Gasteiger partial charge in [-0.3, -0.25) is 4.79 Å². The molecule has 1 fully saturated rings. The molecule has 0 aromatic heterocycles. The van der Waals surface area contributed by atoms with Crippen molar-refractivity contribution >= 4 is 17.6 Å². The standard InChI is InChI=1S/C18H25ClO2/c1-3-4-14-7-9-18(10-8-14,17(20)21)12-15-6-5-13(2)11-16(15)19/h5-6,11,14H,3-4,7-10,12H2,1-2H3,(H,20,21). The van der Waals surface area contributed by atoms with E-state index in [0.29, 0.717) is 17.4 Å². The topological polar surface area (TPSA) is 37.3 Å². The molecule has 1 aromatic carbocycles. The van der Waals surface area contributed by atoms with Gasteiger partial charge in [-0.2, -0.15) is 0 Å². The van der Waals surface area contributed by atoms with Crippen LogP contribution < -0.4 is 0 Å². The molecule has 0 saturated heterocycles. The van der Waals surface area contributed by atoms with E-state index in [1.54, 1.807) is 0 Å². The number of carbonyl (C=O) groups is 1. The van der Waals surface area contributed by atoms with Gasteiger partial charge in [-0.05, 0) is 62.1 Å². The van der Waals surface area contributed by atoms with Crippen molar-refractivity contribution in [3.8, 4) is 0 Å². The zero-order chi connectivity index (χ0) is 15.5. The monoisotopic (exact) mass is 308 g/mol. The summed E-state index contributed by atoms with van der Waals surface area (Å²) in [4.78, 5) is 11.9. The molecule has 1 saturated carbocycles. The molecule has 1 aliphatic rings. The molecular weight excluding hydrogens is 284 g/mol. The molecule has 0 spiro atoms. The second kappa shape index (κ2) is 6.83. The summed E-state index contributed by atoms with van der Waals surface area (Å²) in [7, 11) is 0. The molecule has 1 aliphatic carbocycles. The Balaban J connectivity index is 2.15. The molecule has 0 aliphatic heterocycles. The van der Waals surface area contributed by atoms with E-state index in [1.807, 2.05) is 25.1 Å². The van der Waals surface area contributed by atoms with Gasteiger partial charge in [0, 0.05) is 5.02 Å². The van der Waals surface area contributed by atoms with Crippen LogP contribution in [0.3, 0.4) is 0 Å². The Kier molecular flexibility index (Phi) is 5.32. The van der Waals surface area contributed by atoms with Gasteiger partial charge in [0.2, 0.25) is 0 Å². The van der Waals surface area contributed by atoms with E-state index in [1.165, 1.54) is 12.8 Å². The van der Waals surface area contributed by atoms with Gasteiger partial charge in [0.25, 0.3) is 0 Å². The van der Waals surface area contributed by atoms with Crippen LogP contribution in [0.1, 0.15) is 56.6 Å². The third-order valence-corrected chi connectivity index (χ3v) is 5.30. The average molecular weight is 309 g/mol. The van der Waals surface area contributed by atoms with E-state index >= 15 is 0 Å². The molecule has 0 heterocycles. The van der Waals surface area contributed by atoms with Crippen molar-refractivity contribution in [3.05, 3.63) is 34.3 Å². The fourth-order valence-electron chi connectivity index (χ4n) is 3.55. The van der Waals surface area contributed by atoms with Gasteiger partial charge in [0.15, 0.2) is 0 Å². The maximum Gasteiger partial charge on any atom is 0.309 e. The number of rotatable bonds is 5. The van der Waals surface area contributed by atoms with Gasteiger partial charge in [0.1, 0.15) is 0 Å². The highest BCUT2D eigenvalue weighted by Crippen LogP contribution is 2.44. The molecule has 2 nitrogen and oxygen atoms in total. The molecule has 2 rings (SSSR count). The quantitative estimate of drug-likeness (QED) is 0.806. The molecular formula is C18H25ClO2. The average Bonchev–Trinajstić information content (AvgIpc) is 2.44. The minimum Gasteiger partial charge on any atom is -0.481 e. The minimum atomic E-state index is -0.658. The van der Waals surface area contributed by atoms with E-state index in [2.05, 4.69) is 6.92 Å². The lowest BCUT2D eigenvalue weighted by atomic mass is 9.67. The molecule has 3 heteroatoms. The second-order valence-corrected chi connectivity index (χ2v) is 7.00. The fourth-order valence-corrected chi connectivity index (χ4v) is 3.86. The number of carboxylic acid groups (broad SMARTS) is 1. The summed E-state index contributed by atoms with van der Waals surface area (Å²) < 4.78 is 0. The Hall–Kier alpha value is -1.02. The van der Waals surface area contributed by atoms with Crippen molar-refractivity contribution in [2.75, 3.05) is 0 Å². The van der Waals surface area contributed by atoms with Crippen LogP contribution in [0.25, 0.3) is 0 Å². The van der Waals surface area contributed by atoms with Gasteiger partial charge >= 0.3 is 5.97 Å². The predicted octanol–water partition coefficient (Wildman–Crippen LogP) is 5.25. The van der Waals surface area contributed by atoms with Gasteiger partial charge in [-0.15, -0.1) is 0 Å². The van der Waals surface area contributed by atoms with Crippen LogP contribution >= 0.6 is 11.6 Å². The summed E-state index contributed by atoms with van der Waals surface area (Å²) in [6.07, 6.45) is 6.58. The van der Waals surface area contributed by atoms with Gasteiger partial charge in [-0.25, -0.2) is 0 Å². The van der Waals surface area contributed by atoms with Crippen molar-refractivity contribution in [3.63, 3.8) is 0 Å². The van der Waals surface area contributed by atoms with Gasteiger partial charge in [0.05, 0.1) is 5.41 Å². The Labute approximate surface area is 132 Å². The van der Waals surface area contributed by atoms with E-state index in [9.17, 15) is 9.90 Å². The zero-order valence-corrected chi connectivity index (χ0v) is 13.7. The molecule has 1 aromatic rings. The highest BCUT2D eigenvalue weighted by molar-refractivity contribution is 6.31. The Morgan fingerprint density at radius 1 is 1.38 bits per heavy atom. The number of hydrogen-bond acceptors (Lipinski definition) is 1. The number of carboxylic acids is 1. The van der Waals surface area contributed by atoms with Crippen LogP contribution in [0, 0.1) is 18.3 Å². The molecule has 0 radical (unpaired) electrons. The van der Waals surface area contributed by atoms with Crippen LogP contribution in [0.15, 0.2) is 18.2 Å². The summed E-state index contributed by atoms with van der Waals surface area (Å²) in [6.45, 7) is 4.20. The van der Waals surface area contributed by atoms with Crippen molar-refractivity contribution in [2.45, 2.75) is 58.8 Å². The first kappa shape index (κ1) is 16.4. The van der Waals surface area contributed by atoms with E-state index in [-0.39, 0.29) is 0 Å². The maximum atomic E-state index is 11.9. The lowest BCUT2D eigenvalue weighted by molar-refractivity contribution is -0.151. The summed E-state index contributed by atoms with van der Waals surface area (Å²) in [5, 5.41) is 10.5. The SMILES string of the molecule is CCCC1CCC(Cc2ccc(C)cc2Cl)(C(=O)O)CC1. The number of halogens is 1. The molecule has 116 valence electrons. The first-order chi connectivity index (χ1) is 9.97. The summed E-state index contributed by atoms with van der Waals surface area (Å²) in [6, 6.07) is 5.93. The van der Waals surface area contributed by atoms with Gasteiger partial charge < -0.3 is 5.11 Å². The lowest BCUT2D eigenvalue weighted by Gasteiger charge is -2.37. The molecule has 0 unspecified atom stereocenters. The summed E-state index contributed by atoms with van der Waals surface area (Å²) in [5.74, 6) is 0.0463. The Bertz CT molecular complexity index is 502. The van der Waals surface area contributed by atoms with Crippen molar-refractivity contribution < 1.29 is 9.90 Å². The smallest absolute Gasteiger partial charge is 0.309 e. The maximum absolute atomic E-state index is 11.9. The third kappa shape index (κ3) is 3.79. The third-order valence-electron chi connectivity index (χ3n) is 4.95. The largest absolute Gasteiger partial charge is 0.481 e. The van der Waals surface area contributed by atoms with Gasteiger partial charge in [-0.1, -0.05) is 43.5 Å². The minimum absolute atomic E-state index is 0.556. The highest BCUT2D eigenvalue weighted by atomic mass is 35.5. The number of aliphatic carboxylic acids is 1. The van der Waals surface area contributed by atoms with Crippen LogP contribution in [0.4, 0.5) is 0 Å².